The number of hydrogen-bond acceptors (Lipinski definition) is 6. The molecule has 9 heteroatoms. The van der Waals surface area contributed by atoms with Gasteiger partial charge < -0.3 is 14.8 Å². The van der Waals surface area contributed by atoms with Gasteiger partial charge in [0.15, 0.2) is 12.4 Å². The molecule has 3 fully saturated rings. The number of nitrogens with zero attached hydrogens (tertiary/aromatic N) is 2. The Balaban J connectivity index is 1.17. The lowest BCUT2D eigenvalue weighted by Gasteiger charge is -2.70. The molecular formula is C22H19ClFN3O4. The molecule has 2 bridgehead atoms. The van der Waals surface area contributed by atoms with Crippen LogP contribution in [0, 0.1) is 22.6 Å². The quantitative estimate of drug-likeness (QED) is 0.638. The van der Waals surface area contributed by atoms with E-state index in [1.165, 1.54) is 18.3 Å². The molecule has 0 radical (unpaired) electrons. The topological polar surface area (TPSA) is 101 Å². The van der Waals surface area contributed by atoms with Crippen molar-refractivity contribution in [2.45, 2.75) is 31.2 Å². The van der Waals surface area contributed by atoms with Gasteiger partial charge in [-0.3, -0.25) is 9.59 Å². The SMILES string of the molecule is N#Cc1ccc(OCC(=O)CC23CC(NC(=O)COc4ccc(Cl)c(F)c4)(C2)C3)nc1. The van der Waals surface area contributed by atoms with Crippen LogP contribution in [0.1, 0.15) is 31.2 Å². The van der Waals surface area contributed by atoms with Crippen molar-refractivity contribution in [1.29, 1.82) is 5.26 Å². The van der Waals surface area contributed by atoms with Gasteiger partial charge in [0.25, 0.3) is 5.91 Å². The van der Waals surface area contributed by atoms with Gasteiger partial charge >= 0.3 is 0 Å². The molecule has 3 aliphatic rings. The third-order valence-electron chi connectivity index (χ3n) is 5.62. The summed E-state index contributed by atoms with van der Waals surface area (Å²) in [6.45, 7) is -0.300. The standard InChI is InChI=1S/C22H19ClFN3O4/c23-17-3-2-16(5-18(17)24)30-10-19(29)27-22-11-21(12-22,13-22)6-15(28)9-31-20-4-1-14(7-25)8-26-20/h1-5,8H,6,9-13H2,(H,27,29). The second kappa shape index (κ2) is 8.16. The van der Waals surface area contributed by atoms with E-state index in [2.05, 4.69) is 10.3 Å². The molecule has 160 valence electrons. The molecule has 5 rings (SSSR count). The first kappa shape index (κ1) is 21.1. The maximum atomic E-state index is 13.4. The Hall–Kier alpha value is -3.18. The normalized spacial score (nSPS) is 23.0. The summed E-state index contributed by atoms with van der Waals surface area (Å²) in [5, 5.41) is 11.7. The van der Waals surface area contributed by atoms with Crippen LogP contribution < -0.4 is 14.8 Å². The number of hydrogen-bond donors (Lipinski definition) is 1. The van der Waals surface area contributed by atoms with E-state index in [0.717, 1.165) is 25.3 Å². The number of amides is 1. The highest BCUT2D eigenvalue weighted by atomic mass is 35.5. The number of Topliss-reactive ketones (excluding diaryl/α,β-unsaturated/α-hetero) is 1. The molecule has 1 heterocycles. The first-order valence-electron chi connectivity index (χ1n) is 9.70. The summed E-state index contributed by atoms with van der Waals surface area (Å²) in [7, 11) is 0. The molecule has 1 N–H and O–H groups in total. The number of benzene rings is 1. The minimum absolute atomic E-state index is 0.0101. The summed E-state index contributed by atoms with van der Waals surface area (Å²) in [5.74, 6) is -0.392. The van der Waals surface area contributed by atoms with E-state index in [1.807, 2.05) is 6.07 Å². The van der Waals surface area contributed by atoms with Gasteiger partial charge in [-0.15, -0.1) is 0 Å². The lowest BCUT2D eigenvalue weighted by atomic mass is 9.38. The van der Waals surface area contributed by atoms with Gasteiger partial charge in [0.1, 0.15) is 24.2 Å². The van der Waals surface area contributed by atoms with Crippen LogP contribution in [-0.4, -0.2) is 35.4 Å². The van der Waals surface area contributed by atoms with Gasteiger partial charge in [0, 0.05) is 30.3 Å². The number of nitriles is 1. The van der Waals surface area contributed by atoms with Crippen molar-refractivity contribution in [1.82, 2.24) is 10.3 Å². The van der Waals surface area contributed by atoms with E-state index in [-0.39, 0.29) is 46.6 Å². The number of carbonyl (C=O) groups is 2. The molecule has 7 nitrogen and oxygen atoms in total. The Morgan fingerprint density at radius 3 is 2.61 bits per heavy atom. The summed E-state index contributed by atoms with van der Waals surface area (Å²) < 4.78 is 24.1. The van der Waals surface area contributed by atoms with Crippen molar-refractivity contribution in [2.75, 3.05) is 13.2 Å². The van der Waals surface area contributed by atoms with Crippen molar-refractivity contribution in [3.63, 3.8) is 0 Å². The molecule has 2 aromatic rings. The molecule has 0 spiro atoms. The maximum Gasteiger partial charge on any atom is 0.258 e. The van der Waals surface area contributed by atoms with Crippen molar-refractivity contribution in [3.8, 4) is 17.7 Å². The summed E-state index contributed by atoms with van der Waals surface area (Å²) in [6, 6.07) is 9.09. The fourth-order valence-corrected chi connectivity index (χ4v) is 4.64. The molecule has 1 aromatic heterocycles. The number of ketones is 1. The second-order valence-electron chi connectivity index (χ2n) is 8.22. The third kappa shape index (κ3) is 4.62. The van der Waals surface area contributed by atoms with E-state index in [9.17, 15) is 14.0 Å². The minimum Gasteiger partial charge on any atom is -0.484 e. The van der Waals surface area contributed by atoms with Crippen molar-refractivity contribution in [2.24, 2.45) is 5.41 Å². The average Bonchev–Trinajstić information content (AvgIpc) is 2.71. The van der Waals surface area contributed by atoms with E-state index in [1.54, 1.807) is 12.1 Å². The molecule has 1 amide bonds. The van der Waals surface area contributed by atoms with E-state index >= 15 is 0 Å². The molecule has 3 saturated carbocycles. The van der Waals surface area contributed by atoms with Crippen LogP contribution >= 0.6 is 11.6 Å². The summed E-state index contributed by atoms with van der Waals surface area (Å²) >= 11 is 5.62. The van der Waals surface area contributed by atoms with E-state index in [4.69, 9.17) is 26.3 Å². The van der Waals surface area contributed by atoms with Crippen LogP contribution in [0.25, 0.3) is 0 Å². The second-order valence-corrected chi connectivity index (χ2v) is 8.63. The van der Waals surface area contributed by atoms with Gasteiger partial charge in [-0.05, 0) is 42.9 Å². The fraction of sp³-hybridized carbons (Fsp3) is 0.364. The van der Waals surface area contributed by atoms with Crippen molar-refractivity contribution < 1.29 is 23.5 Å². The molecule has 0 aliphatic heterocycles. The Morgan fingerprint density at radius 1 is 1.19 bits per heavy atom. The zero-order valence-electron chi connectivity index (χ0n) is 16.5. The average molecular weight is 444 g/mol. The highest BCUT2D eigenvalue weighted by Gasteiger charge is 2.68. The molecule has 0 unspecified atom stereocenters. The molecule has 0 atom stereocenters. The Morgan fingerprint density at radius 2 is 1.97 bits per heavy atom. The Bertz CT molecular complexity index is 1050. The largest absolute Gasteiger partial charge is 0.484 e. The van der Waals surface area contributed by atoms with Gasteiger partial charge in [0.05, 0.1) is 10.6 Å². The van der Waals surface area contributed by atoms with Gasteiger partial charge in [0.2, 0.25) is 5.88 Å². The van der Waals surface area contributed by atoms with Gasteiger partial charge in [-0.1, -0.05) is 11.6 Å². The smallest absolute Gasteiger partial charge is 0.258 e. The van der Waals surface area contributed by atoms with E-state index in [0.29, 0.717) is 17.9 Å². The lowest BCUT2D eigenvalue weighted by molar-refractivity contribution is -0.173. The van der Waals surface area contributed by atoms with Crippen LogP contribution in [0.4, 0.5) is 4.39 Å². The van der Waals surface area contributed by atoms with Crippen LogP contribution in [0.15, 0.2) is 36.5 Å². The van der Waals surface area contributed by atoms with E-state index < -0.39 is 5.82 Å². The first-order chi connectivity index (χ1) is 14.8. The van der Waals surface area contributed by atoms with Crippen molar-refractivity contribution >= 4 is 23.3 Å². The number of carbonyl (C=O) groups excluding carboxylic acids is 2. The molecular weight excluding hydrogens is 425 g/mol. The number of pyridine rings is 1. The predicted octanol–water partition coefficient (Wildman–Crippen LogP) is 3.20. The first-order valence-corrected chi connectivity index (χ1v) is 10.1. The number of aromatic nitrogens is 1. The number of nitrogens with one attached hydrogen (secondary N) is 1. The Kier molecular flexibility index (Phi) is 5.54. The summed E-state index contributed by atoms with van der Waals surface area (Å²) in [4.78, 5) is 28.4. The van der Waals surface area contributed by atoms with Crippen LogP contribution in [0.5, 0.6) is 11.6 Å². The monoisotopic (exact) mass is 443 g/mol. The van der Waals surface area contributed by atoms with Crippen molar-refractivity contribution in [3.05, 3.63) is 52.9 Å². The van der Waals surface area contributed by atoms with Crippen LogP contribution in [0.2, 0.25) is 5.02 Å². The number of ether oxygens (including phenoxy) is 2. The Labute approximate surface area is 183 Å². The third-order valence-corrected chi connectivity index (χ3v) is 5.93. The maximum absolute atomic E-state index is 13.4. The van der Waals surface area contributed by atoms with Crippen LogP contribution in [-0.2, 0) is 9.59 Å². The zero-order chi connectivity index (χ0) is 22.1. The van der Waals surface area contributed by atoms with Crippen LogP contribution in [0.3, 0.4) is 0 Å². The minimum atomic E-state index is -0.607. The highest BCUT2D eigenvalue weighted by Crippen LogP contribution is 2.68. The predicted molar refractivity (Wildman–Crippen MR) is 108 cm³/mol. The lowest BCUT2D eigenvalue weighted by Crippen LogP contribution is -2.75. The molecule has 0 saturated heterocycles. The molecule has 31 heavy (non-hydrogen) atoms. The number of rotatable bonds is 9. The highest BCUT2D eigenvalue weighted by molar-refractivity contribution is 6.30. The number of halogens is 2. The van der Waals surface area contributed by atoms with Gasteiger partial charge in [-0.25, -0.2) is 9.37 Å². The summed E-state index contributed by atoms with van der Waals surface area (Å²) in [5.41, 5.74) is 0.0682. The zero-order valence-corrected chi connectivity index (χ0v) is 17.2. The molecule has 3 aliphatic carbocycles. The molecule has 1 aromatic carbocycles. The van der Waals surface area contributed by atoms with Gasteiger partial charge in [-0.2, -0.15) is 5.26 Å². The fourth-order valence-electron chi connectivity index (χ4n) is 4.52. The summed E-state index contributed by atoms with van der Waals surface area (Å²) in [6.07, 6.45) is 3.99.